The Balaban J connectivity index is 1.54. The van der Waals surface area contributed by atoms with Crippen molar-refractivity contribution in [3.8, 4) is 0 Å². The van der Waals surface area contributed by atoms with E-state index in [4.69, 9.17) is 10.5 Å². The van der Waals surface area contributed by atoms with Crippen LogP contribution in [0.4, 0.5) is 0 Å². The van der Waals surface area contributed by atoms with Crippen molar-refractivity contribution in [2.75, 3.05) is 26.2 Å². The first-order valence-corrected chi connectivity index (χ1v) is 6.09. The van der Waals surface area contributed by atoms with Crippen LogP contribution < -0.4 is 5.73 Å². The van der Waals surface area contributed by atoms with Crippen LogP contribution in [0.15, 0.2) is 12.2 Å². The molecule has 0 aromatic carbocycles. The summed E-state index contributed by atoms with van der Waals surface area (Å²) in [4.78, 5) is 2.40. The van der Waals surface area contributed by atoms with E-state index in [1.807, 2.05) is 0 Å². The summed E-state index contributed by atoms with van der Waals surface area (Å²) in [6.07, 6.45) is 9.49. The van der Waals surface area contributed by atoms with Gasteiger partial charge in [0.15, 0.2) is 0 Å². The summed E-state index contributed by atoms with van der Waals surface area (Å²) in [5.74, 6) is 0. The minimum Gasteiger partial charge on any atom is -0.377 e. The molecule has 1 heterocycles. The summed E-state index contributed by atoms with van der Waals surface area (Å²) >= 11 is 0. The van der Waals surface area contributed by atoms with Crippen molar-refractivity contribution in [2.24, 2.45) is 5.73 Å². The van der Waals surface area contributed by atoms with Crippen molar-refractivity contribution in [1.82, 2.24) is 4.90 Å². The van der Waals surface area contributed by atoms with E-state index in [1.54, 1.807) is 0 Å². The quantitative estimate of drug-likeness (QED) is 0.707. The SMILES string of the molecule is NC1CCC(OCCN2CC=CC2)CC1. The van der Waals surface area contributed by atoms with Crippen LogP contribution in [-0.4, -0.2) is 43.3 Å². The van der Waals surface area contributed by atoms with E-state index in [9.17, 15) is 0 Å². The molecular weight excluding hydrogens is 188 g/mol. The average Bonchev–Trinajstić information content (AvgIpc) is 2.74. The Bertz CT molecular complexity index is 202. The van der Waals surface area contributed by atoms with E-state index >= 15 is 0 Å². The van der Waals surface area contributed by atoms with Crippen LogP contribution in [0.1, 0.15) is 25.7 Å². The second-order valence-corrected chi connectivity index (χ2v) is 4.64. The maximum absolute atomic E-state index is 5.87. The van der Waals surface area contributed by atoms with Gasteiger partial charge in [0.05, 0.1) is 12.7 Å². The molecular formula is C12H22N2O. The third kappa shape index (κ3) is 3.59. The number of hydrogen-bond acceptors (Lipinski definition) is 3. The van der Waals surface area contributed by atoms with Crippen molar-refractivity contribution < 1.29 is 4.74 Å². The zero-order valence-corrected chi connectivity index (χ0v) is 9.40. The van der Waals surface area contributed by atoms with Gasteiger partial charge in [0.1, 0.15) is 0 Å². The van der Waals surface area contributed by atoms with E-state index in [0.29, 0.717) is 12.1 Å². The largest absolute Gasteiger partial charge is 0.377 e. The van der Waals surface area contributed by atoms with E-state index < -0.39 is 0 Å². The Morgan fingerprint density at radius 2 is 1.80 bits per heavy atom. The summed E-state index contributed by atoms with van der Waals surface area (Å²) in [6, 6.07) is 0.424. The summed E-state index contributed by atoms with van der Waals surface area (Å²) in [5.41, 5.74) is 5.85. The smallest absolute Gasteiger partial charge is 0.0597 e. The van der Waals surface area contributed by atoms with Crippen LogP contribution in [0.25, 0.3) is 0 Å². The minimum absolute atomic E-state index is 0.424. The molecule has 3 heteroatoms. The lowest BCUT2D eigenvalue weighted by molar-refractivity contribution is 0.0164. The lowest BCUT2D eigenvalue weighted by Gasteiger charge is -2.27. The van der Waals surface area contributed by atoms with Crippen LogP contribution in [0.5, 0.6) is 0 Å². The molecule has 0 amide bonds. The topological polar surface area (TPSA) is 38.5 Å². The summed E-state index contributed by atoms with van der Waals surface area (Å²) < 4.78 is 5.87. The standard InChI is InChI=1S/C12H22N2O/c13-11-3-5-12(6-4-11)15-10-9-14-7-1-2-8-14/h1-2,11-12H,3-10,13H2. The van der Waals surface area contributed by atoms with Crippen molar-refractivity contribution in [3.63, 3.8) is 0 Å². The maximum Gasteiger partial charge on any atom is 0.0597 e. The lowest BCUT2D eigenvalue weighted by Crippen LogP contribution is -2.32. The molecule has 1 saturated carbocycles. The van der Waals surface area contributed by atoms with Gasteiger partial charge in [0.25, 0.3) is 0 Å². The second-order valence-electron chi connectivity index (χ2n) is 4.64. The molecule has 0 aromatic rings. The first-order chi connectivity index (χ1) is 7.34. The van der Waals surface area contributed by atoms with E-state index in [-0.39, 0.29) is 0 Å². The van der Waals surface area contributed by atoms with E-state index in [2.05, 4.69) is 17.1 Å². The lowest BCUT2D eigenvalue weighted by atomic mass is 9.94. The molecule has 1 aliphatic carbocycles. The fourth-order valence-electron chi connectivity index (χ4n) is 2.31. The van der Waals surface area contributed by atoms with Crippen LogP contribution in [0, 0.1) is 0 Å². The average molecular weight is 210 g/mol. The summed E-state index contributed by atoms with van der Waals surface area (Å²) in [6.45, 7) is 4.13. The van der Waals surface area contributed by atoms with Crippen LogP contribution in [-0.2, 0) is 4.74 Å². The molecule has 86 valence electrons. The molecule has 15 heavy (non-hydrogen) atoms. The highest BCUT2D eigenvalue weighted by molar-refractivity contribution is 4.95. The predicted molar refractivity (Wildman–Crippen MR) is 61.8 cm³/mol. The molecule has 2 rings (SSSR count). The van der Waals surface area contributed by atoms with Crippen LogP contribution in [0.3, 0.4) is 0 Å². The molecule has 1 aliphatic heterocycles. The third-order valence-corrected chi connectivity index (χ3v) is 3.37. The second kappa shape index (κ2) is 5.64. The van der Waals surface area contributed by atoms with Crippen molar-refractivity contribution in [3.05, 3.63) is 12.2 Å². The highest BCUT2D eigenvalue weighted by atomic mass is 16.5. The van der Waals surface area contributed by atoms with Crippen LogP contribution >= 0.6 is 0 Å². The normalized spacial score (nSPS) is 32.3. The number of ether oxygens (including phenoxy) is 1. The van der Waals surface area contributed by atoms with Crippen LogP contribution in [0.2, 0.25) is 0 Å². The molecule has 3 nitrogen and oxygen atoms in total. The van der Waals surface area contributed by atoms with Crippen molar-refractivity contribution in [1.29, 1.82) is 0 Å². The van der Waals surface area contributed by atoms with E-state index in [0.717, 1.165) is 51.9 Å². The van der Waals surface area contributed by atoms with Gasteiger partial charge in [0, 0.05) is 25.7 Å². The van der Waals surface area contributed by atoms with Gasteiger partial charge in [-0.25, -0.2) is 0 Å². The third-order valence-electron chi connectivity index (χ3n) is 3.37. The van der Waals surface area contributed by atoms with E-state index in [1.165, 1.54) is 0 Å². The Labute approximate surface area is 92.3 Å². The molecule has 0 aromatic heterocycles. The maximum atomic E-state index is 5.87. The monoisotopic (exact) mass is 210 g/mol. The van der Waals surface area contributed by atoms with Gasteiger partial charge in [-0.15, -0.1) is 0 Å². The van der Waals surface area contributed by atoms with Gasteiger partial charge in [-0.1, -0.05) is 12.2 Å². The molecule has 0 unspecified atom stereocenters. The summed E-state index contributed by atoms with van der Waals surface area (Å²) in [5, 5.41) is 0. The highest BCUT2D eigenvalue weighted by Gasteiger charge is 2.18. The minimum atomic E-state index is 0.424. The number of nitrogens with two attached hydrogens (primary N) is 1. The molecule has 0 bridgehead atoms. The molecule has 0 saturated heterocycles. The fraction of sp³-hybridized carbons (Fsp3) is 0.833. The molecule has 1 fully saturated rings. The van der Waals surface area contributed by atoms with Gasteiger partial charge < -0.3 is 10.5 Å². The Hall–Kier alpha value is -0.380. The predicted octanol–water partition coefficient (Wildman–Crippen LogP) is 1.14. The first kappa shape index (κ1) is 11.1. The fourth-order valence-corrected chi connectivity index (χ4v) is 2.31. The Morgan fingerprint density at radius 3 is 2.47 bits per heavy atom. The molecule has 2 aliphatic rings. The van der Waals surface area contributed by atoms with Gasteiger partial charge in [-0.2, -0.15) is 0 Å². The summed E-state index contributed by atoms with van der Waals surface area (Å²) in [7, 11) is 0. The highest BCUT2D eigenvalue weighted by Crippen LogP contribution is 2.19. The zero-order valence-electron chi connectivity index (χ0n) is 9.40. The van der Waals surface area contributed by atoms with Crippen molar-refractivity contribution in [2.45, 2.75) is 37.8 Å². The zero-order chi connectivity index (χ0) is 10.5. The van der Waals surface area contributed by atoms with Gasteiger partial charge >= 0.3 is 0 Å². The number of nitrogens with zero attached hydrogens (tertiary/aromatic N) is 1. The molecule has 0 radical (unpaired) electrons. The van der Waals surface area contributed by atoms with Gasteiger partial charge in [-0.3, -0.25) is 4.90 Å². The Kier molecular flexibility index (Phi) is 4.18. The van der Waals surface area contributed by atoms with Gasteiger partial charge in [-0.05, 0) is 25.7 Å². The molecule has 2 N–H and O–H groups in total. The van der Waals surface area contributed by atoms with Crippen molar-refractivity contribution >= 4 is 0 Å². The number of hydrogen-bond donors (Lipinski definition) is 1. The van der Waals surface area contributed by atoms with Gasteiger partial charge in [0.2, 0.25) is 0 Å². The molecule has 0 spiro atoms. The number of rotatable bonds is 4. The Morgan fingerprint density at radius 1 is 1.13 bits per heavy atom. The molecule has 0 atom stereocenters. The first-order valence-electron chi connectivity index (χ1n) is 6.09.